The van der Waals surface area contributed by atoms with Crippen molar-refractivity contribution in [2.45, 2.75) is 31.7 Å². The standard InChI is InChI=1S/C25H28N4O5/c30-23(14-29-11-9-17(10-12-29)26-24(31)16-5-6-16)28-20-4-2-1-3-19(20)25(32)27-18-7-8-21-22(13-18)34-15-33-21/h1-4,7-8,13,16-17H,5-6,9-12,14-15H2,(H,26,31)(H,27,32)(H,28,30). The molecule has 0 radical (unpaired) electrons. The van der Waals surface area contributed by atoms with Crippen LogP contribution in [0.2, 0.25) is 0 Å². The van der Waals surface area contributed by atoms with Gasteiger partial charge in [-0.25, -0.2) is 0 Å². The molecule has 2 aromatic carbocycles. The lowest BCUT2D eigenvalue weighted by Gasteiger charge is -2.31. The minimum absolute atomic E-state index is 0.161. The van der Waals surface area contributed by atoms with Crippen molar-refractivity contribution in [1.29, 1.82) is 0 Å². The Bertz CT molecular complexity index is 1090. The predicted octanol–water partition coefficient (Wildman–Crippen LogP) is 2.60. The highest BCUT2D eigenvalue weighted by atomic mass is 16.7. The summed E-state index contributed by atoms with van der Waals surface area (Å²) in [5.74, 6) is 1.10. The number of nitrogens with one attached hydrogen (secondary N) is 3. The van der Waals surface area contributed by atoms with E-state index < -0.39 is 0 Å². The average molecular weight is 465 g/mol. The van der Waals surface area contributed by atoms with Crippen LogP contribution in [-0.2, 0) is 9.59 Å². The van der Waals surface area contributed by atoms with Crippen LogP contribution in [0, 0.1) is 5.92 Å². The molecule has 1 saturated carbocycles. The summed E-state index contributed by atoms with van der Waals surface area (Å²) in [6, 6.07) is 12.3. The summed E-state index contributed by atoms with van der Waals surface area (Å²) < 4.78 is 10.7. The van der Waals surface area contributed by atoms with E-state index in [1.54, 1.807) is 42.5 Å². The Morgan fingerprint density at radius 2 is 1.68 bits per heavy atom. The Balaban J connectivity index is 1.14. The van der Waals surface area contributed by atoms with E-state index in [0.717, 1.165) is 38.8 Å². The van der Waals surface area contributed by atoms with Crippen LogP contribution < -0.4 is 25.4 Å². The lowest BCUT2D eigenvalue weighted by Crippen LogP contribution is -2.46. The summed E-state index contributed by atoms with van der Waals surface area (Å²) in [4.78, 5) is 39.6. The number of para-hydroxylation sites is 1. The second-order valence-corrected chi connectivity index (χ2v) is 8.95. The molecule has 0 aromatic heterocycles. The molecule has 3 aliphatic rings. The Morgan fingerprint density at radius 3 is 2.47 bits per heavy atom. The van der Waals surface area contributed by atoms with Gasteiger partial charge in [-0.1, -0.05) is 12.1 Å². The number of benzene rings is 2. The number of anilines is 2. The van der Waals surface area contributed by atoms with E-state index >= 15 is 0 Å². The molecule has 1 aliphatic carbocycles. The fourth-order valence-corrected chi connectivity index (χ4v) is 4.26. The van der Waals surface area contributed by atoms with E-state index in [1.165, 1.54) is 0 Å². The molecule has 9 nitrogen and oxygen atoms in total. The lowest BCUT2D eigenvalue weighted by molar-refractivity contribution is -0.123. The fraction of sp³-hybridized carbons (Fsp3) is 0.400. The molecule has 1 saturated heterocycles. The van der Waals surface area contributed by atoms with Crippen LogP contribution in [0.5, 0.6) is 11.5 Å². The third-order valence-electron chi connectivity index (χ3n) is 6.33. The molecule has 0 atom stereocenters. The van der Waals surface area contributed by atoms with Crippen LogP contribution in [-0.4, -0.2) is 55.1 Å². The van der Waals surface area contributed by atoms with E-state index in [4.69, 9.17) is 9.47 Å². The maximum absolute atomic E-state index is 12.9. The van der Waals surface area contributed by atoms with Crippen molar-refractivity contribution in [3.8, 4) is 11.5 Å². The zero-order chi connectivity index (χ0) is 23.5. The van der Waals surface area contributed by atoms with Gasteiger partial charge in [0.25, 0.3) is 5.91 Å². The minimum atomic E-state index is -0.331. The van der Waals surface area contributed by atoms with Gasteiger partial charge in [-0.2, -0.15) is 0 Å². The first-order valence-corrected chi connectivity index (χ1v) is 11.7. The molecule has 178 valence electrons. The summed E-state index contributed by atoms with van der Waals surface area (Å²) in [7, 11) is 0. The number of hydrogen-bond donors (Lipinski definition) is 3. The van der Waals surface area contributed by atoms with Crippen molar-refractivity contribution in [2.75, 3.05) is 37.1 Å². The zero-order valence-electron chi connectivity index (χ0n) is 18.8. The van der Waals surface area contributed by atoms with Crippen molar-refractivity contribution in [3.05, 3.63) is 48.0 Å². The van der Waals surface area contributed by atoms with Crippen molar-refractivity contribution in [2.24, 2.45) is 5.92 Å². The molecule has 0 spiro atoms. The molecule has 2 fully saturated rings. The van der Waals surface area contributed by atoms with Crippen LogP contribution >= 0.6 is 0 Å². The Labute approximate surface area is 197 Å². The van der Waals surface area contributed by atoms with E-state index in [0.29, 0.717) is 28.4 Å². The van der Waals surface area contributed by atoms with E-state index in [-0.39, 0.29) is 43.0 Å². The number of rotatable bonds is 7. The SMILES string of the molecule is O=C(CN1CCC(NC(=O)C2CC2)CC1)Nc1ccccc1C(=O)Nc1ccc2c(c1)OCO2. The second-order valence-electron chi connectivity index (χ2n) is 8.95. The first kappa shape index (κ1) is 22.2. The second kappa shape index (κ2) is 9.72. The molecular formula is C25H28N4O5. The van der Waals surface area contributed by atoms with Crippen molar-refractivity contribution in [3.63, 3.8) is 0 Å². The highest BCUT2D eigenvalue weighted by molar-refractivity contribution is 6.10. The summed E-state index contributed by atoms with van der Waals surface area (Å²) in [6.07, 6.45) is 3.67. The average Bonchev–Trinajstić information content (AvgIpc) is 3.58. The summed E-state index contributed by atoms with van der Waals surface area (Å²) >= 11 is 0. The Hall–Kier alpha value is -3.59. The predicted molar refractivity (Wildman–Crippen MR) is 126 cm³/mol. The Morgan fingerprint density at radius 1 is 0.912 bits per heavy atom. The fourth-order valence-electron chi connectivity index (χ4n) is 4.26. The lowest BCUT2D eigenvalue weighted by atomic mass is 10.0. The van der Waals surface area contributed by atoms with Crippen molar-refractivity contribution < 1.29 is 23.9 Å². The summed E-state index contributed by atoms with van der Waals surface area (Å²) in [5, 5.41) is 8.84. The van der Waals surface area contributed by atoms with Crippen LogP contribution in [0.4, 0.5) is 11.4 Å². The first-order chi connectivity index (χ1) is 16.5. The monoisotopic (exact) mass is 464 g/mol. The number of fused-ring (bicyclic) bond motifs is 1. The third-order valence-corrected chi connectivity index (χ3v) is 6.33. The largest absolute Gasteiger partial charge is 0.454 e. The van der Waals surface area contributed by atoms with Gasteiger partial charge in [0, 0.05) is 36.8 Å². The number of piperidine rings is 1. The molecule has 2 aliphatic heterocycles. The number of carbonyl (C=O) groups excluding carboxylic acids is 3. The normalized spacial score (nSPS) is 17.8. The van der Waals surface area contributed by atoms with Gasteiger partial charge < -0.3 is 25.4 Å². The highest BCUT2D eigenvalue weighted by Crippen LogP contribution is 2.34. The maximum Gasteiger partial charge on any atom is 0.257 e. The molecule has 3 N–H and O–H groups in total. The molecular weight excluding hydrogens is 436 g/mol. The Kier molecular flexibility index (Phi) is 6.35. The maximum atomic E-state index is 12.9. The molecule has 9 heteroatoms. The van der Waals surface area contributed by atoms with Crippen molar-refractivity contribution >= 4 is 29.1 Å². The van der Waals surface area contributed by atoms with Gasteiger partial charge in [0.15, 0.2) is 11.5 Å². The number of amides is 3. The van der Waals surface area contributed by atoms with E-state index in [1.807, 2.05) is 0 Å². The molecule has 5 rings (SSSR count). The third kappa shape index (κ3) is 5.31. The molecule has 2 aromatic rings. The molecule has 3 amide bonds. The van der Waals surface area contributed by atoms with Crippen LogP contribution in [0.3, 0.4) is 0 Å². The summed E-state index contributed by atoms with van der Waals surface area (Å²) in [5.41, 5.74) is 1.40. The number of likely N-dealkylation sites (tertiary alicyclic amines) is 1. The van der Waals surface area contributed by atoms with E-state index in [2.05, 4.69) is 20.9 Å². The van der Waals surface area contributed by atoms with Crippen LogP contribution in [0.25, 0.3) is 0 Å². The molecule has 0 bridgehead atoms. The number of carbonyl (C=O) groups is 3. The quantitative estimate of drug-likeness (QED) is 0.581. The number of nitrogens with zero attached hydrogens (tertiary/aromatic N) is 1. The highest BCUT2D eigenvalue weighted by Gasteiger charge is 2.32. The number of hydrogen-bond acceptors (Lipinski definition) is 6. The van der Waals surface area contributed by atoms with E-state index in [9.17, 15) is 14.4 Å². The van der Waals surface area contributed by atoms with Gasteiger partial charge in [0.2, 0.25) is 18.6 Å². The van der Waals surface area contributed by atoms with Gasteiger partial charge in [-0.3, -0.25) is 19.3 Å². The molecule has 34 heavy (non-hydrogen) atoms. The van der Waals surface area contributed by atoms with Crippen LogP contribution in [0.15, 0.2) is 42.5 Å². The number of ether oxygens (including phenoxy) is 2. The van der Waals surface area contributed by atoms with Gasteiger partial charge in [-0.15, -0.1) is 0 Å². The molecule has 2 heterocycles. The van der Waals surface area contributed by atoms with Gasteiger partial charge >= 0.3 is 0 Å². The van der Waals surface area contributed by atoms with Gasteiger partial charge in [0.1, 0.15) is 0 Å². The molecule has 0 unspecified atom stereocenters. The topological polar surface area (TPSA) is 109 Å². The van der Waals surface area contributed by atoms with Gasteiger partial charge in [0.05, 0.1) is 17.8 Å². The van der Waals surface area contributed by atoms with Crippen LogP contribution in [0.1, 0.15) is 36.0 Å². The zero-order valence-corrected chi connectivity index (χ0v) is 18.8. The van der Waals surface area contributed by atoms with Crippen molar-refractivity contribution in [1.82, 2.24) is 10.2 Å². The van der Waals surface area contributed by atoms with Gasteiger partial charge in [-0.05, 0) is 49.9 Å². The summed E-state index contributed by atoms with van der Waals surface area (Å²) in [6.45, 7) is 1.89. The minimum Gasteiger partial charge on any atom is -0.454 e. The smallest absolute Gasteiger partial charge is 0.257 e. The first-order valence-electron chi connectivity index (χ1n) is 11.7.